The fraction of sp³-hybridized carbons (Fsp3) is 0.917. The molecule has 0 aromatic carbocycles. The van der Waals surface area contributed by atoms with Gasteiger partial charge in [0.1, 0.15) is 5.78 Å². The minimum absolute atomic E-state index is 0.0658. The predicted molar refractivity (Wildman–Crippen MR) is 130 cm³/mol. The predicted octanol–water partition coefficient (Wildman–Crippen LogP) is 0.894. The number of carbonyl (C=O) groups excluding carboxylic acids is 2. The van der Waals surface area contributed by atoms with Crippen LogP contribution in [0, 0.1) is 11.8 Å². The van der Waals surface area contributed by atoms with Gasteiger partial charge in [0.2, 0.25) is 5.91 Å². The Hall–Kier alpha value is -1.06. The normalized spacial score (nSPS) is 27.0. The summed E-state index contributed by atoms with van der Waals surface area (Å²) in [6.45, 7) is 11.6. The Morgan fingerprint density at radius 2 is 1.22 bits per heavy atom. The van der Waals surface area contributed by atoms with Crippen LogP contribution >= 0.6 is 0 Å². The second-order valence-electron chi connectivity index (χ2n) is 9.92. The van der Waals surface area contributed by atoms with Crippen molar-refractivity contribution in [2.45, 2.75) is 45.4 Å². The SMILES string of the molecule is CNCN1CCCN(CNC(=O)C2CCC(C(C)=O)CC2)CCN(C)CCCN(C)CC1. The van der Waals surface area contributed by atoms with Gasteiger partial charge in [-0.1, -0.05) is 0 Å². The van der Waals surface area contributed by atoms with Crippen LogP contribution in [0.4, 0.5) is 0 Å². The van der Waals surface area contributed by atoms with Crippen LogP contribution < -0.4 is 10.6 Å². The van der Waals surface area contributed by atoms with Gasteiger partial charge >= 0.3 is 0 Å². The quantitative estimate of drug-likeness (QED) is 0.620. The molecule has 0 unspecified atom stereocenters. The van der Waals surface area contributed by atoms with Gasteiger partial charge < -0.3 is 20.4 Å². The van der Waals surface area contributed by atoms with Crippen molar-refractivity contribution in [1.29, 1.82) is 0 Å². The van der Waals surface area contributed by atoms with Crippen molar-refractivity contribution >= 4 is 11.7 Å². The Bertz CT molecular complexity index is 553. The van der Waals surface area contributed by atoms with Crippen molar-refractivity contribution in [2.24, 2.45) is 11.8 Å². The molecule has 32 heavy (non-hydrogen) atoms. The van der Waals surface area contributed by atoms with Gasteiger partial charge in [-0.05, 0) is 79.7 Å². The van der Waals surface area contributed by atoms with Gasteiger partial charge in [-0.3, -0.25) is 19.4 Å². The minimum atomic E-state index is 0.0658. The van der Waals surface area contributed by atoms with Gasteiger partial charge in [0.05, 0.1) is 6.67 Å². The first-order valence-corrected chi connectivity index (χ1v) is 12.6. The maximum atomic E-state index is 12.8. The molecule has 186 valence electrons. The van der Waals surface area contributed by atoms with E-state index in [1.54, 1.807) is 6.92 Å². The summed E-state index contributed by atoms with van der Waals surface area (Å²) in [5.74, 6) is 0.673. The maximum Gasteiger partial charge on any atom is 0.224 e. The molecule has 8 nitrogen and oxygen atoms in total. The number of hydrogen-bond acceptors (Lipinski definition) is 7. The average molecular weight is 453 g/mol. The van der Waals surface area contributed by atoms with E-state index in [9.17, 15) is 9.59 Å². The number of hydrogen-bond donors (Lipinski definition) is 2. The Balaban J connectivity index is 1.84. The number of likely N-dealkylation sites (N-methyl/N-ethyl adjacent to an activating group) is 2. The van der Waals surface area contributed by atoms with Crippen LogP contribution in [0.5, 0.6) is 0 Å². The third-order valence-corrected chi connectivity index (χ3v) is 7.16. The Morgan fingerprint density at radius 1 is 0.719 bits per heavy atom. The zero-order valence-corrected chi connectivity index (χ0v) is 21.1. The largest absolute Gasteiger partial charge is 0.343 e. The molecule has 0 aromatic heterocycles. The van der Waals surface area contributed by atoms with Gasteiger partial charge in [0.15, 0.2) is 0 Å². The highest BCUT2D eigenvalue weighted by molar-refractivity contribution is 5.80. The van der Waals surface area contributed by atoms with Crippen LogP contribution in [0.25, 0.3) is 0 Å². The van der Waals surface area contributed by atoms with E-state index in [1.807, 2.05) is 7.05 Å². The molecule has 1 amide bonds. The lowest BCUT2D eigenvalue weighted by molar-refractivity contribution is -0.129. The van der Waals surface area contributed by atoms with E-state index in [2.05, 4.69) is 44.3 Å². The molecule has 0 spiro atoms. The third-order valence-electron chi connectivity index (χ3n) is 7.16. The molecule has 1 saturated heterocycles. The monoisotopic (exact) mass is 452 g/mol. The molecule has 1 aliphatic heterocycles. The summed E-state index contributed by atoms with van der Waals surface area (Å²) in [6.07, 6.45) is 5.67. The van der Waals surface area contributed by atoms with Gasteiger partial charge in [0.25, 0.3) is 0 Å². The highest BCUT2D eigenvalue weighted by atomic mass is 16.2. The van der Waals surface area contributed by atoms with Gasteiger partial charge in [-0.15, -0.1) is 0 Å². The summed E-state index contributed by atoms with van der Waals surface area (Å²) >= 11 is 0. The zero-order chi connectivity index (χ0) is 23.3. The molecule has 0 radical (unpaired) electrons. The lowest BCUT2D eigenvalue weighted by atomic mass is 9.80. The topological polar surface area (TPSA) is 71.2 Å². The second kappa shape index (κ2) is 15.0. The van der Waals surface area contributed by atoms with E-state index in [4.69, 9.17) is 0 Å². The van der Waals surface area contributed by atoms with Gasteiger partial charge in [-0.25, -0.2) is 0 Å². The first kappa shape index (κ1) is 27.2. The van der Waals surface area contributed by atoms with Gasteiger partial charge in [0, 0.05) is 57.8 Å². The van der Waals surface area contributed by atoms with E-state index in [-0.39, 0.29) is 23.5 Å². The molecular weight excluding hydrogens is 404 g/mol. The van der Waals surface area contributed by atoms with Crippen molar-refractivity contribution in [1.82, 2.24) is 30.2 Å². The lowest BCUT2D eigenvalue weighted by Crippen LogP contribution is -2.45. The molecular formula is C24H48N6O2. The Kier molecular flexibility index (Phi) is 12.7. The minimum Gasteiger partial charge on any atom is -0.343 e. The van der Waals surface area contributed by atoms with Gasteiger partial charge in [-0.2, -0.15) is 0 Å². The van der Waals surface area contributed by atoms with E-state index < -0.39 is 0 Å². The van der Waals surface area contributed by atoms with Crippen molar-refractivity contribution < 1.29 is 9.59 Å². The van der Waals surface area contributed by atoms with Crippen LogP contribution in [-0.4, -0.2) is 118 Å². The molecule has 2 fully saturated rings. The standard InChI is InChI=1S/C24H48N6O2/c1-21(31)22-7-9-23(10-8-22)24(32)26-20-30-14-6-13-29(19-25-2)17-15-27(3)11-5-12-28(4)16-18-30/h22-23,25H,5-20H2,1-4H3,(H,26,32). The highest BCUT2D eigenvalue weighted by Gasteiger charge is 2.28. The van der Waals surface area contributed by atoms with E-state index >= 15 is 0 Å². The summed E-state index contributed by atoms with van der Waals surface area (Å²) in [6, 6.07) is 0. The molecule has 0 atom stereocenters. The van der Waals surface area contributed by atoms with Crippen LogP contribution in [-0.2, 0) is 9.59 Å². The smallest absolute Gasteiger partial charge is 0.224 e. The Labute approximate surface area is 196 Å². The van der Waals surface area contributed by atoms with Crippen molar-refractivity contribution in [3.8, 4) is 0 Å². The van der Waals surface area contributed by atoms with Crippen molar-refractivity contribution in [3.63, 3.8) is 0 Å². The molecule has 2 rings (SSSR count). The van der Waals surface area contributed by atoms with E-state index in [0.29, 0.717) is 6.67 Å². The first-order chi connectivity index (χ1) is 15.4. The molecule has 0 bridgehead atoms. The number of nitrogens with zero attached hydrogens (tertiary/aromatic N) is 4. The van der Waals surface area contributed by atoms with Crippen LogP contribution in [0.15, 0.2) is 0 Å². The first-order valence-electron chi connectivity index (χ1n) is 12.6. The number of ketones is 1. The third kappa shape index (κ3) is 10.3. The summed E-state index contributed by atoms with van der Waals surface area (Å²) in [5, 5.41) is 6.51. The van der Waals surface area contributed by atoms with Crippen molar-refractivity contribution in [3.05, 3.63) is 0 Å². The van der Waals surface area contributed by atoms with Crippen LogP contribution in [0.1, 0.15) is 45.4 Å². The molecule has 2 N–H and O–H groups in total. The summed E-state index contributed by atoms with van der Waals surface area (Å²) in [4.78, 5) is 34.1. The number of rotatable bonds is 6. The number of amides is 1. The van der Waals surface area contributed by atoms with E-state index in [0.717, 1.165) is 91.1 Å². The Morgan fingerprint density at radius 3 is 1.75 bits per heavy atom. The van der Waals surface area contributed by atoms with Crippen LogP contribution in [0.2, 0.25) is 0 Å². The fourth-order valence-corrected chi connectivity index (χ4v) is 4.84. The number of Topliss-reactive ketones (excluding diaryl/α,β-unsaturated/α-hetero) is 1. The summed E-state index contributed by atoms with van der Waals surface area (Å²) in [7, 11) is 6.43. The number of nitrogens with one attached hydrogen (secondary N) is 2. The fourth-order valence-electron chi connectivity index (χ4n) is 4.84. The molecule has 8 heteroatoms. The molecule has 1 heterocycles. The van der Waals surface area contributed by atoms with Crippen LogP contribution in [0.3, 0.4) is 0 Å². The molecule has 2 aliphatic rings. The lowest BCUT2D eigenvalue weighted by Gasteiger charge is -2.31. The summed E-state index contributed by atoms with van der Waals surface area (Å²) < 4.78 is 0. The summed E-state index contributed by atoms with van der Waals surface area (Å²) in [5.41, 5.74) is 0. The zero-order valence-electron chi connectivity index (χ0n) is 21.1. The van der Waals surface area contributed by atoms with Crippen molar-refractivity contribution in [2.75, 3.05) is 86.8 Å². The highest BCUT2D eigenvalue weighted by Crippen LogP contribution is 2.29. The van der Waals surface area contributed by atoms with E-state index in [1.165, 1.54) is 6.42 Å². The second-order valence-corrected chi connectivity index (χ2v) is 9.92. The average Bonchev–Trinajstić information content (AvgIpc) is 2.78. The molecule has 1 saturated carbocycles. The molecule has 1 aliphatic carbocycles. The number of carbonyl (C=O) groups is 2. The molecule has 0 aromatic rings. The maximum absolute atomic E-state index is 12.8.